The van der Waals surface area contributed by atoms with Crippen molar-refractivity contribution in [3.8, 4) is 17.3 Å². The first-order chi connectivity index (χ1) is 16.5. The van der Waals surface area contributed by atoms with E-state index in [1.165, 1.54) is 15.1 Å². The van der Waals surface area contributed by atoms with Crippen molar-refractivity contribution in [3.63, 3.8) is 0 Å². The molecule has 1 N–H and O–H groups in total. The van der Waals surface area contributed by atoms with Crippen LogP contribution in [-0.4, -0.2) is 55.1 Å². The molecule has 0 aliphatic carbocycles. The number of sulfonamides is 1. The molecule has 176 valence electrons. The third kappa shape index (κ3) is 4.22. The Kier molecular flexibility index (Phi) is 5.93. The second kappa shape index (κ2) is 9.04. The molecule has 34 heavy (non-hydrogen) atoms. The Morgan fingerprint density at radius 3 is 2.76 bits per heavy atom. The highest BCUT2D eigenvalue weighted by molar-refractivity contribution is 7.89. The van der Waals surface area contributed by atoms with E-state index in [4.69, 9.17) is 0 Å². The fraction of sp³-hybridized carbons (Fsp3) is 0.391. The number of fused-ring (bicyclic) bond motifs is 1. The van der Waals surface area contributed by atoms with E-state index in [0.717, 1.165) is 41.6 Å². The van der Waals surface area contributed by atoms with Gasteiger partial charge in [-0.1, -0.05) is 0 Å². The molecule has 5 heterocycles. The first kappa shape index (κ1) is 22.3. The predicted octanol–water partition coefficient (Wildman–Crippen LogP) is 3.11. The topological polar surface area (TPSA) is 125 Å². The predicted molar refractivity (Wildman–Crippen MR) is 126 cm³/mol. The summed E-state index contributed by atoms with van der Waals surface area (Å²) in [6, 6.07) is 7.85. The number of nitrogens with zero attached hydrogens (tertiary/aromatic N) is 7. The molecule has 0 radical (unpaired) electrons. The number of nitriles is 1. The Hall–Kier alpha value is -3.49. The lowest BCUT2D eigenvalue weighted by Crippen LogP contribution is -2.39. The van der Waals surface area contributed by atoms with Crippen LogP contribution in [0.5, 0.6) is 0 Å². The summed E-state index contributed by atoms with van der Waals surface area (Å²) in [5.74, 6) is 0.342. The maximum Gasteiger partial charge on any atom is 0.262 e. The lowest BCUT2D eigenvalue weighted by Gasteiger charge is -2.32. The molecule has 0 aromatic carbocycles. The third-order valence-electron chi connectivity index (χ3n) is 6.56. The van der Waals surface area contributed by atoms with Crippen LogP contribution in [0.1, 0.15) is 31.7 Å². The molecule has 5 rings (SSSR count). The summed E-state index contributed by atoms with van der Waals surface area (Å²) < 4.78 is 30.8. The molecule has 1 fully saturated rings. The van der Waals surface area contributed by atoms with Gasteiger partial charge < -0.3 is 9.55 Å². The second-order valence-electron chi connectivity index (χ2n) is 8.74. The van der Waals surface area contributed by atoms with Gasteiger partial charge in [-0.05, 0) is 43.4 Å². The molecule has 1 atom stereocenters. The number of rotatable bonds is 7. The van der Waals surface area contributed by atoms with E-state index < -0.39 is 10.0 Å². The van der Waals surface area contributed by atoms with Crippen LogP contribution in [-0.2, 0) is 17.1 Å². The number of aryl methyl sites for hydroxylation is 1. The standard InChI is InChI=1S/C23H26N8O2S/c1-29-10-7-21(28-29)34(32,33)31-12-4-17(5-13-31)14-19(2-8-24)30-11-6-18(15-30)22-20-3-9-25-23(20)27-16-26-22/h3,6-7,9-11,15-17,19H,2,4-5,12-14H2,1H3,(H,25,26,27). The molecular weight excluding hydrogens is 452 g/mol. The number of aromatic nitrogens is 6. The zero-order valence-electron chi connectivity index (χ0n) is 18.9. The zero-order valence-corrected chi connectivity index (χ0v) is 19.7. The molecule has 10 nitrogen and oxygen atoms in total. The highest BCUT2D eigenvalue weighted by Gasteiger charge is 2.32. The Balaban J connectivity index is 1.28. The van der Waals surface area contributed by atoms with Crippen molar-refractivity contribution in [2.24, 2.45) is 13.0 Å². The van der Waals surface area contributed by atoms with Crippen molar-refractivity contribution >= 4 is 21.1 Å². The normalized spacial score (nSPS) is 16.6. The van der Waals surface area contributed by atoms with Crippen LogP contribution in [0.15, 0.2) is 54.3 Å². The van der Waals surface area contributed by atoms with E-state index in [2.05, 4.69) is 30.7 Å². The minimum absolute atomic E-state index is 0.0197. The Labute approximate surface area is 197 Å². The van der Waals surface area contributed by atoms with Gasteiger partial charge in [-0.25, -0.2) is 18.4 Å². The number of piperidine rings is 1. The monoisotopic (exact) mass is 478 g/mol. The minimum Gasteiger partial charge on any atom is -0.350 e. The molecule has 4 aromatic heterocycles. The summed E-state index contributed by atoms with van der Waals surface area (Å²) in [5, 5.41) is 14.6. The van der Waals surface area contributed by atoms with Crippen LogP contribution >= 0.6 is 0 Å². The van der Waals surface area contributed by atoms with Gasteiger partial charge in [-0.3, -0.25) is 4.68 Å². The van der Waals surface area contributed by atoms with Crippen LogP contribution < -0.4 is 0 Å². The average molecular weight is 479 g/mol. The lowest BCUT2D eigenvalue weighted by atomic mass is 9.90. The molecule has 0 spiro atoms. The number of hydrogen-bond acceptors (Lipinski definition) is 6. The Bertz CT molecular complexity index is 1440. The third-order valence-corrected chi connectivity index (χ3v) is 8.35. The van der Waals surface area contributed by atoms with Gasteiger partial charge >= 0.3 is 0 Å². The number of hydrogen-bond donors (Lipinski definition) is 1. The minimum atomic E-state index is -3.57. The molecule has 0 amide bonds. The molecule has 0 bridgehead atoms. The van der Waals surface area contributed by atoms with Crippen molar-refractivity contribution in [2.75, 3.05) is 13.1 Å². The van der Waals surface area contributed by atoms with Crippen molar-refractivity contribution in [3.05, 3.63) is 49.3 Å². The SMILES string of the molecule is Cn1ccc(S(=O)(=O)N2CCC(CC(CC#N)n3ccc(-c4ncnc5[nH]ccc45)c3)CC2)n1. The summed E-state index contributed by atoms with van der Waals surface area (Å²) in [6.07, 6.45) is 11.8. The highest BCUT2D eigenvalue weighted by atomic mass is 32.2. The van der Waals surface area contributed by atoms with E-state index in [1.807, 2.05) is 30.7 Å². The van der Waals surface area contributed by atoms with Crippen molar-refractivity contribution in [2.45, 2.75) is 36.8 Å². The molecule has 1 unspecified atom stereocenters. The molecule has 1 aliphatic rings. The molecular formula is C23H26N8O2S. The average Bonchev–Trinajstić information content (AvgIpc) is 3.59. The molecule has 1 aliphatic heterocycles. The van der Waals surface area contributed by atoms with Gasteiger partial charge in [0, 0.05) is 61.9 Å². The van der Waals surface area contributed by atoms with Crippen LogP contribution in [0.3, 0.4) is 0 Å². The Morgan fingerprint density at radius 1 is 1.21 bits per heavy atom. The second-order valence-corrected chi connectivity index (χ2v) is 10.6. The number of nitrogens with one attached hydrogen (secondary N) is 1. The summed E-state index contributed by atoms with van der Waals surface area (Å²) in [6.45, 7) is 0.929. The van der Waals surface area contributed by atoms with Crippen LogP contribution in [0.2, 0.25) is 0 Å². The number of aromatic amines is 1. The van der Waals surface area contributed by atoms with Gasteiger partial charge in [0.25, 0.3) is 10.0 Å². The summed E-state index contributed by atoms with van der Waals surface area (Å²) in [5.41, 5.74) is 2.62. The van der Waals surface area contributed by atoms with E-state index in [9.17, 15) is 13.7 Å². The van der Waals surface area contributed by atoms with E-state index in [0.29, 0.717) is 25.4 Å². The summed E-state index contributed by atoms with van der Waals surface area (Å²) >= 11 is 0. The molecule has 4 aromatic rings. The zero-order chi connectivity index (χ0) is 23.7. The Morgan fingerprint density at radius 2 is 2.03 bits per heavy atom. The summed E-state index contributed by atoms with van der Waals surface area (Å²) in [4.78, 5) is 11.8. The lowest BCUT2D eigenvalue weighted by molar-refractivity contribution is 0.237. The smallest absolute Gasteiger partial charge is 0.262 e. The molecule has 0 saturated carbocycles. The largest absolute Gasteiger partial charge is 0.350 e. The van der Waals surface area contributed by atoms with Gasteiger partial charge in [0.1, 0.15) is 12.0 Å². The first-order valence-corrected chi connectivity index (χ1v) is 12.7. The van der Waals surface area contributed by atoms with Crippen LogP contribution in [0, 0.1) is 17.2 Å². The fourth-order valence-electron chi connectivity index (χ4n) is 4.73. The maximum atomic E-state index is 12.9. The van der Waals surface area contributed by atoms with Gasteiger partial charge in [0.2, 0.25) is 0 Å². The van der Waals surface area contributed by atoms with Gasteiger partial charge in [-0.15, -0.1) is 0 Å². The quantitative estimate of drug-likeness (QED) is 0.435. The maximum absolute atomic E-state index is 12.9. The number of H-pyrrole nitrogens is 1. The van der Waals surface area contributed by atoms with Gasteiger partial charge in [-0.2, -0.15) is 14.7 Å². The molecule has 11 heteroatoms. The van der Waals surface area contributed by atoms with E-state index in [1.54, 1.807) is 19.6 Å². The fourth-order valence-corrected chi connectivity index (χ4v) is 6.15. The van der Waals surface area contributed by atoms with E-state index in [-0.39, 0.29) is 11.1 Å². The highest BCUT2D eigenvalue weighted by Crippen LogP contribution is 2.32. The van der Waals surface area contributed by atoms with Crippen molar-refractivity contribution < 1.29 is 8.42 Å². The van der Waals surface area contributed by atoms with Crippen LogP contribution in [0.25, 0.3) is 22.3 Å². The van der Waals surface area contributed by atoms with Crippen LogP contribution in [0.4, 0.5) is 0 Å². The first-order valence-electron chi connectivity index (χ1n) is 11.3. The summed E-state index contributed by atoms with van der Waals surface area (Å²) in [7, 11) is -1.86. The molecule has 1 saturated heterocycles. The van der Waals surface area contributed by atoms with Crippen molar-refractivity contribution in [1.29, 1.82) is 5.26 Å². The van der Waals surface area contributed by atoms with Gasteiger partial charge in [0.05, 0.1) is 18.2 Å². The van der Waals surface area contributed by atoms with Crippen molar-refractivity contribution in [1.82, 2.24) is 33.6 Å². The van der Waals surface area contributed by atoms with Gasteiger partial charge in [0.15, 0.2) is 5.03 Å². The van der Waals surface area contributed by atoms with E-state index >= 15 is 0 Å².